The highest BCUT2D eigenvalue weighted by Gasteiger charge is 2.41. The lowest BCUT2D eigenvalue weighted by atomic mass is 10.0. The maximum absolute atomic E-state index is 13.7. The number of rotatable bonds is 3. The third kappa shape index (κ3) is 3.01. The van der Waals surface area contributed by atoms with Gasteiger partial charge in [-0.25, -0.2) is 4.98 Å². The van der Waals surface area contributed by atoms with Crippen LogP contribution in [0.3, 0.4) is 0 Å². The van der Waals surface area contributed by atoms with Gasteiger partial charge in [-0.15, -0.1) is 0 Å². The van der Waals surface area contributed by atoms with Crippen LogP contribution in [0.15, 0.2) is 90.0 Å². The van der Waals surface area contributed by atoms with E-state index in [0.29, 0.717) is 10.9 Å². The molecule has 1 saturated carbocycles. The number of hydrogen-bond donors (Lipinski definition) is 0. The van der Waals surface area contributed by atoms with Crippen molar-refractivity contribution in [3.05, 3.63) is 107 Å². The van der Waals surface area contributed by atoms with Crippen molar-refractivity contribution in [1.82, 2.24) is 14.5 Å². The summed E-state index contributed by atoms with van der Waals surface area (Å²) in [5.74, 6) is -0.347. The Morgan fingerprint density at radius 1 is 0.935 bits per heavy atom. The van der Waals surface area contributed by atoms with E-state index in [2.05, 4.69) is 17.1 Å². The summed E-state index contributed by atoms with van der Waals surface area (Å²) in [5.41, 5.74) is 3.30. The number of pyridine rings is 3. The quantitative estimate of drug-likeness (QED) is 0.372. The molecule has 0 amide bonds. The van der Waals surface area contributed by atoms with Gasteiger partial charge in [-0.3, -0.25) is 9.78 Å². The van der Waals surface area contributed by atoms with Gasteiger partial charge >= 0.3 is 0 Å². The van der Waals surface area contributed by atoms with E-state index in [1.54, 1.807) is 6.07 Å². The van der Waals surface area contributed by atoms with E-state index in [1.165, 1.54) is 12.3 Å². The Morgan fingerprint density at radius 2 is 1.81 bits per heavy atom. The molecule has 0 bridgehead atoms. The lowest BCUT2D eigenvalue weighted by molar-refractivity contribution is 0.584. The van der Waals surface area contributed by atoms with Crippen LogP contribution in [0, 0.1) is 5.95 Å². The normalized spacial score (nSPS) is 17.8. The number of hydrogen-bond acceptors (Lipinski definition) is 3. The number of fused-ring (bicyclic) bond motifs is 2. The number of benzene rings is 2. The monoisotopic (exact) mass is 407 g/mol. The molecule has 5 aromatic rings. The van der Waals surface area contributed by atoms with E-state index < -0.39 is 5.95 Å². The molecule has 0 N–H and O–H groups in total. The highest BCUT2D eigenvalue weighted by molar-refractivity contribution is 5.95. The molecule has 0 radical (unpaired) electrons. The molecule has 2 aromatic carbocycles. The predicted octanol–water partition coefficient (Wildman–Crippen LogP) is 5.48. The first-order valence-corrected chi connectivity index (χ1v) is 10.3. The Hall–Kier alpha value is -3.86. The summed E-state index contributed by atoms with van der Waals surface area (Å²) >= 11 is 0. The van der Waals surface area contributed by atoms with Crippen LogP contribution in [-0.4, -0.2) is 14.5 Å². The highest BCUT2D eigenvalue weighted by atomic mass is 19.1. The number of aromatic nitrogens is 3. The van der Waals surface area contributed by atoms with Gasteiger partial charge in [0.15, 0.2) is 0 Å². The molecule has 2 atom stereocenters. The van der Waals surface area contributed by atoms with E-state index in [9.17, 15) is 9.18 Å². The van der Waals surface area contributed by atoms with Crippen molar-refractivity contribution in [2.24, 2.45) is 0 Å². The maximum Gasteiger partial charge on any atom is 0.259 e. The van der Waals surface area contributed by atoms with Crippen molar-refractivity contribution in [2.45, 2.75) is 18.4 Å². The minimum absolute atomic E-state index is 0.0568. The van der Waals surface area contributed by atoms with Gasteiger partial charge in [0.2, 0.25) is 5.95 Å². The molecule has 1 fully saturated rings. The van der Waals surface area contributed by atoms with Crippen molar-refractivity contribution in [1.29, 1.82) is 0 Å². The zero-order chi connectivity index (χ0) is 20.9. The Labute approximate surface area is 177 Å². The van der Waals surface area contributed by atoms with Crippen LogP contribution in [0.2, 0.25) is 0 Å². The minimum atomic E-state index is -0.560. The van der Waals surface area contributed by atoms with Crippen molar-refractivity contribution < 1.29 is 4.39 Å². The summed E-state index contributed by atoms with van der Waals surface area (Å²) < 4.78 is 15.5. The van der Waals surface area contributed by atoms with Gasteiger partial charge < -0.3 is 4.57 Å². The molecule has 0 saturated heterocycles. The lowest BCUT2D eigenvalue weighted by Gasteiger charge is -2.11. The third-order valence-corrected chi connectivity index (χ3v) is 6.11. The fourth-order valence-electron chi connectivity index (χ4n) is 4.47. The second kappa shape index (κ2) is 6.84. The Kier molecular flexibility index (Phi) is 3.96. The maximum atomic E-state index is 13.7. The van der Waals surface area contributed by atoms with Gasteiger partial charge in [-0.05, 0) is 47.2 Å². The van der Waals surface area contributed by atoms with Crippen molar-refractivity contribution in [3.63, 3.8) is 0 Å². The zero-order valence-electron chi connectivity index (χ0n) is 16.6. The van der Waals surface area contributed by atoms with E-state index >= 15 is 0 Å². The van der Waals surface area contributed by atoms with Gasteiger partial charge in [-0.2, -0.15) is 4.39 Å². The standard InChI is InChI=1S/C26H18FN3O/c27-24-14-18(10-12-28-24)19-6-3-5-17-11-13-30(26(31)25(17)19)23-15-20(23)22-9-8-16-4-1-2-7-21(16)29-22/h1-14,20,23H,15H2/t20?,23-/m1/s1. The van der Waals surface area contributed by atoms with Crippen LogP contribution in [-0.2, 0) is 0 Å². The molecular formula is C26H18FN3O. The molecule has 0 spiro atoms. The predicted molar refractivity (Wildman–Crippen MR) is 120 cm³/mol. The molecule has 3 heterocycles. The summed E-state index contributed by atoms with van der Waals surface area (Å²) in [5, 5.41) is 2.56. The molecule has 6 rings (SSSR count). The van der Waals surface area contributed by atoms with Gasteiger partial charge in [0.25, 0.3) is 5.56 Å². The van der Waals surface area contributed by atoms with Crippen molar-refractivity contribution in [3.8, 4) is 11.1 Å². The molecule has 3 aromatic heterocycles. The first-order chi connectivity index (χ1) is 15.2. The van der Waals surface area contributed by atoms with Crippen LogP contribution >= 0.6 is 0 Å². The van der Waals surface area contributed by atoms with E-state index in [-0.39, 0.29) is 17.5 Å². The fourth-order valence-corrected chi connectivity index (χ4v) is 4.47. The largest absolute Gasteiger partial charge is 0.311 e. The third-order valence-electron chi connectivity index (χ3n) is 6.11. The zero-order valence-corrected chi connectivity index (χ0v) is 16.6. The molecule has 1 unspecified atom stereocenters. The Morgan fingerprint density at radius 3 is 2.71 bits per heavy atom. The SMILES string of the molecule is O=c1c2c(-c3ccnc(F)c3)cccc2ccn1[C@@H]1CC1c1ccc2ccccc2n1. The van der Waals surface area contributed by atoms with Gasteiger partial charge in [0, 0.05) is 41.5 Å². The van der Waals surface area contributed by atoms with Crippen LogP contribution in [0.4, 0.5) is 4.39 Å². The van der Waals surface area contributed by atoms with Gasteiger partial charge in [-0.1, -0.05) is 42.5 Å². The van der Waals surface area contributed by atoms with Gasteiger partial charge in [0.1, 0.15) is 0 Å². The molecule has 0 aliphatic heterocycles. The second-order valence-electron chi connectivity index (χ2n) is 8.00. The molecule has 150 valence electrons. The topological polar surface area (TPSA) is 47.8 Å². The van der Waals surface area contributed by atoms with Crippen LogP contribution in [0.5, 0.6) is 0 Å². The summed E-state index contributed by atoms with van der Waals surface area (Å²) in [6.07, 6.45) is 4.17. The summed E-state index contributed by atoms with van der Waals surface area (Å²) in [6, 6.07) is 23.0. The first kappa shape index (κ1) is 18.0. The Bertz CT molecular complexity index is 1520. The number of nitrogens with zero attached hydrogens (tertiary/aromatic N) is 3. The number of para-hydroxylation sites is 1. The first-order valence-electron chi connectivity index (χ1n) is 10.3. The smallest absolute Gasteiger partial charge is 0.259 e. The van der Waals surface area contributed by atoms with Crippen LogP contribution < -0.4 is 5.56 Å². The van der Waals surface area contributed by atoms with Gasteiger partial charge in [0.05, 0.1) is 10.9 Å². The molecule has 5 heteroatoms. The lowest BCUT2D eigenvalue weighted by Crippen LogP contribution is -2.19. The molecule has 1 aliphatic carbocycles. The average Bonchev–Trinajstić information content (AvgIpc) is 3.59. The second-order valence-corrected chi connectivity index (χ2v) is 8.00. The fraction of sp³-hybridized carbons (Fsp3) is 0.115. The average molecular weight is 407 g/mol. The van der Waals surface area contributed by atoms with E-state index in [4.69, 9.17) is 4.98 Å². The summed E-state index contributed by atoms with van der Waals surface area (Å²) in [7, 11) is 0. The molecule has 4 nitrogen and oxygen atoms in total. The highest BCUT2D eigenvalue weighted by Crippen LogP contribution is 2.50. The van der Waals surface area contributed by atoms with Crippen molar-refractivity contribution >= 4 is 21.7 Å². The number of halogens is 1. The summed E-state index contributed by atoms with van der Waals surface area (Å²) in [4.78, 5) is 22.0. The van der Waals surface area contributed by atoms with E-state index in [0.717, 1.165) is 34.0 Å². The minimum Gasteiger partial charge on any atom is -0.311 e. The Balaban J connectivity index is 1.43. The summed E-state index contributed by atoms with van der Waals surface area (Å²) in [6.45, 7) is 0. The molecule has 1 aliphatic rings. The van der Waals surface area contributed by atoms with E-state index in [1.807, 2.05) is 59.3 Å². The van der Waals surface area contributed by atoms with Crippen LogP contribution in [0.25, 0.3) is 32.8 Å². The van der Waals surface area contributed by atoms with Crippen LogP contribution in [0.1, 0.15) is 24.1 Å². The van der Waals surface area contributed by atoms with Crippen molar-refractivity contribution in [2.75, 3.05) is 0 Å². The molecule has 31 heavy (non-hydrogen) atoms. The molecular weight excluding hydrogens is 389 g/mol.